The van der Waals surface area contributed by atoms with Crippen molar-refractivity contribution in [2.24, 2.45) is 0 Å². The Kier molecular flexibility index (Phi) is 6.32. The first-order valence-corrected chi connectivity index (χ1v) is 9.92. The Labute approximate surface area is 182 Å². The Morgan fingerprint density at radius 2 is 2.00 bits per heavy atom. The van der Waals surface area contributed by atoms with Crippen molar-refractivity contribution >= 4 is 17.2 Å². The lowest BCUT2D eigenvalue weighted by atomic mass is 10.1. The molecule has 1 atom stereocenters. The lowest BCUT2D eigenvalue weighted by Gasteiger charge is -2.04. The van der Waals surface area contributed by atoms with Gasteiger partial charge in [0.05, 0.1) is 17.8 Å². The van der Waals surface area contributed by atoms with Gasteiger partial charge < -0.3 is 20.3 Å². The Morgan fingerprint density at radius 3 is 2.58 bits per heavy atom. The van der Waals surface area contributed by atoms with E-state index >= 15 is 0 Å². The van der Waals surface area contributed by atoms with Crippen LogP contribution in [0.15, 0.2) is 55.0 Å². The predicted octanol–water partition coefficient (Wildman–Crippen LogP) is 3.95. The van der Waals surface area contributed by atoms with E-state index in [1.54, 1.807) is 25.1 Å². The first-order chi connectivity index (χ1) is 14.6. The van der Waals surface area contributed by atoms with Gasteiger partial charge in [0.2, 0.25) is 0 Å². The standard InChI is InChI=1S/C12H9F3N2S.C10H11NO2/c1-7-10(17-8(2)16-7)5-3-9-4-6-11(18-9)12(13,14)15;1-11-6-7-3-4-8(13-2)5-9(7)10(11)12/h4,6,10,16-17H,1-2H2;3-5H,6H2,1-2H3. The van der Waals surface area contributed by atoms with Crippen molar-refractivity contribution in [2.45, 2.75) is 18.8 Å². The number of benzene rings is 1. The summed E-state index contributed by atoms with van der Waals surface area (Å²) in [6, 6.07) is 7.68. The van der Waals surface area contributed by atoms with E-state index in [1.165, 1.54) is 6.07 Å². The molecule has 2 aliphatic heterocycles. The van der Waals surface area contributed by atoms with Crippen molar-refractivity contribution < 1.29 is 22.7 Å². The summed E-state index contributed by atoms with van der Waals surface area (Å²) in [5.74, 6) is 6.90. The van der Waals surface area contributed by atoms with Crippen molar-refractivity contribution in [1.82, 2.24) is 15.5 Å². The van der Waals surface area contributed by atoms with Gasteiger partial charge in [0, 0.05) is 24.9 Å². The summed E-state index contributed by atoms with van der Waals surface area (Å²) in [6.07, 6.45) is -4.31. The van der Waals surface area contributed by atoms with Gasteiger partial charge in [0.1, 0.15) is 16.7 Å². The number of carbonyl (C=O) groups is 1. The van der Waals surface area contributed by atoms with E-state index in [-0.39, 0.29) is 11.9 Å². The Bertz CT molecular complexity index is 1100. The molecular weight excluding hydrogens is 427 g/mol. The number of nitrogens with zero attached hydrogens (tertiary/aromatic N) is 1. The fourth-order valence-corrected chi connectivity index (χ4v) is 3.67. The third-order valence-electron chi connectivity index (χ3n) is 4.51. The molecule has 31 heavy (non-hydrogen) atoms. The van der Waals surface area contributed by atoms with Crippen LogP contribution in [0.1, 0.15) is 25.7 Å². The van der Waals surface area contributed by atoms with Gasteiger partial charge in [-0.2, -0.15) is 13.2 Å². The quantitative estimate of drug-likeness (QED) is 0.651. The number of hydrogen-bond donors (Lipinski definition) is 2. The minimum atomic E-state index is -4.31. The Morgan fingerprint density at radius 1 is 1.26 bits per heavy atom. The number of thiophene rings is 1. The maximum absolute atomic E-state index is 12.4. The molecule has 1 saturated heterocycles. The summed E-state index contributed by atoms with van der Waals surface area (Å²) in [7, 11) is 3.40. The van der Waals surface area contributed by atoms with Crippen LogP contribution in [0.2, 0.25) is 0 Å². The molecule has 1 fully saturated rings. The maximum atomic E-state index is 12.4. The zero-order valence-corrected chi connectivity index (χ0v) is 17.7. The average Bonchev–Trinajstić information content (AvgIpc) is 3.39. The van der Waals surface area contributed by atoms with Crippen LogP contribution in [0.25, 0.3) is 0 Å². The van der Waals surface area contributed by atoms with E-state index in [4.69, 9.17) is 4.74 Å². The Balaban J connectivity index is 0.000000185. The van der Waals surface area contributed by atoms with Gasteiger partial charge in [-0.15, -0.1) is 11.3 Å². The fourth-order valence-electron chi connectivity index (χ4n) is 2.94. The van der Waals surface area contributed by atoms with Crippen LogP contribution in [0.3, 0.4) is 0 Å². The molecule has 0 saturated carbocycles. The molecule has 5 nitrogen and oxygen atoms in total. The van der Waals surface area contributed by atoms with Gasteiger partial charge in [0.25, 0.3) is 5.91 Å². The number of fused-ring (bicyclic) bond motifs is 1. The van der Waals surface area contributed by atoms with E-state index in [0.717, 1.165) is 22.9 Å². The normalized spacial score (nSPS) is 17.1. The molecule has 1 aromatic heterocycles. The van der Waals surface area contributed by atoms with Crippen LogP contribution in [-0.4, -0.2) is 31.0 Å². The molecule has 2 N–H and O–H groups in total. The number of hydrogen-bond acceptors (Lipinski definition) is 5. The Hall–Kier alpha value is -3.38. The summed E-state index contributed by atoms with van der Waals surface area (Å²) in [5, 5.41) is 5.77. The summed E-state index contributed by atoms with van der Waals surface area (Å²) in [6.45, 7) is 8.08. The first kappa shape index (κ1) is 22.3. The molecule has 3 heterocycles. The molecule has 4 rings (SSSR count). The van der Waals surface area contributed by atoms with E-state index < -0.39 is 11.1 Å². The molecule has 162 valence electrons. The smallest absolute Gasteiger partial charge is 0.425 e. The van der Waals surface area contributed by atoms with Crippen LogP contribution >= 0.6 is 11.3 Å². The summed E-state index contributed by atoms with van der Waals surface area (Å²) in [5.41, 5.74) is 2.48. The highest BCUT2D eigenvalue weighted by molar-refractivity contribution is 7.12. The highest BCUT2D eigenvalue weighted by atomic mass is 32.1. The van der Waals surface area contributed by atoms with Gasteiger partial charge in [-0.25, -0.2) is 0 Å². The van der Waals surface area contributed by atoms with Crippen LogP contribution in [0.4, 0.5) is 13.2 Å². The molecule has 0 aliphatic carbocycles. The van der Waals surface area contributed by atoms with E-state index in [1.807, 2.05) is 12.1 Å². The van der Waals surface area contributed by atoms with Gasteiger partial charge in [-0.1, -0.05) is 31.1 Å². The lowest BCUT2D eigenvalue weighted by molar-refractivity contribution is -0.134. The summed E-state index contributed by atoms with van der Waals surface area (Å²) in [4.78, 5) is 13.0. The number of nitrogens with one attached hydrogen (secondary N) is 2. The second-order valence-corrected chi connectivity index (χ2v) is 7.91. The lowest BCUT2D eigenvalue weighted by Crippen LogP contribution is -2.18. The molecular formula is C22H20F3N3O2S. The van der Waals surface area contributed by atoms with Crippen molar-refractivity contribution in [3.8, 4) is 17.6 Å². The van der Waals surface area contributed by atoms with E-state index in [0.29, 0.717) is 34.3 Å². The van der Waals surface area contributed by atoms with Crippen LogP contribution in [-0.2, 0) is 12.7 Å². The van der Waals surface area contributed by atoms with Gasteiger partial charge in [0.15, 0.2) is 0 Å². The number of halogens is 3. The third kappa shape index (κ3) is 5.22. The largest absolute Gasteiger partial charge is 0.497 e. The molecule has 1 aromatic carbocycles. The molecule has 1 unspecified atom stereocenters. The van der Waals surface area contributed by atoms with Crippen LogP contribution in [0.5, 0.6) is 5.75 Å². The number of amides is 1. The van der Waals surface area contributed by atoms with Gasteiger partial charge in [-0.05, 0) is 29.8 Å². The summed E-state index contributed by atoms with van der Waals surface area (Å²) >= 11 is 0.626. The average molecular weight is 447 g/mol. The van der Waals surface area contributed by atoms with E-state index in [9.17, 15) is 18.0 Å². The van der Waals surface area contributed by atoms with Gasteiger partial charge in [-0.3, -0.25) is 4.79 Å². The highest BCUT2D eigenvalue weighted by Crippen LogP contribution is 2.34. The number of carbonyl (C=O) groups excluding carboxylic acids is 1. The predicted molar refractivity (Wildman–Crippen MR) is 113 cm³/mol. The minimum Gasteiger partial charge on any atom is -0.497 e. The second-order valence-electron chi connectivity index (χ2n) is 6.82. The van der Waals surface area contributed by atoms with Crippen molar-refractivity contribution in [1.29, 1.82) is 0 Å². The monoisotopic (exact) mass is 447 g/mol. The van der Waals surface area contributed by atoms with Crippen molar-refractivity contribution in [2.75, 3.05) is 14.2 Å². The topological polar surface area (TPSA) is 53.6 Å². The minimum absolute atomic E-state index is 0.0777. The number of ether oxygens (including phenoxy) is 1. The van der Waals surface area contributed by atoms with Crippen molar-refractivity contribution in [3.63, 3.8) is 0 Å². The molecule has 2 aromatic rings. The molecule has 0 spiro atoms. The highest BCUT2D eigenvalue weighted by Gasteiger charge is 2.32. The molecule has 1 amide bonds. The molecule has 0 radical (unpaired) electrons. The fraction of sp³-hybridized carbons (Fsp3) is 0.227. The van der Waals surface area contributed by atoms with Gasteiger partial charge >= 0.3 is 6.18 Å². The SMILES string of the molecule is C=C1NC(=C)C(C#Cc2ccc(C(F)(F)F)s2)N1.COc1ccc2c(c1)C(=O)N(C)C2. The zero-order chi connectivity index (χ0) is 22.8. The second kappa shape index (κ2) is 8.78. The number of alkyl halides is 3. The van der Waals surface area contributed by atoms with Crippen molar-refractivity contribution in [3.05, 3.63) is 75.9 Å². The van der Waals surface area contributed by atoms with Crippen LogP contribution in [0, 0.1) is 11.8 Å². The zero-order valence-electron chi connectivity index (χ0n) is 16.9. The number of methoxy groups -OCH3 is 1. The first-order valence-electron chi connectivity index (χ1n) is 9.10. The molecule has 2 aliphatic rings. The third-order valence-corrected chi connectivity index (χ3v) is 5.55. The van der Waals surface area contributed by atoms with E-state index in [2.05, 4.69) is 35.6 Å². The maximum Gasteiger partial charge on any atom is 0.425 e. The number of rotatable bonds is 1. The molecule has 0 bridgehead atoms. The molecule has 9 heteroatoms. The summed E-state index contributed by atoms with van der Waals surface area (Å²) < 4.78 is 42.2. The van der Waals surface area contributed by atoms with Crippen LogP contribution < -0.4 is 15.4 Å².